The molecule has 1 aromatic carbocycles. The molecule has 0 radical (unpaired) electrons. The molecule has 15 heavy (non-hydrogen) atoms. The van der Waals surface area contributed by atoms with Gasteiger partial charge in [-0.25, -0.2) is 4.39 Å². The van der Waals surface area contributed by atoms with Gasteiger partial charge in [0.05, 0.1) is 5.92 Å². The summed E-state index contributed by atoms with van der Waals surface area (Å²) in [5, 5.41) is 10.8. The number of halogens is 1. The SMILES string of the molecule is CC(c1ccccc1F)C(C)(C)[N+](=O)[O-]. The van der Waals surface area contributed by atoms with E-state index in [1.165, 1.54) is 19.9 Å². The van der Waals surface area contributed by atoms with Crippen LogP contribution in [0.15, 0.2) is 24.3 Å². The molecule has 1 unspecified atom stereocenters. The van der Waals surface area contributed by atoms with Crippen LogP contribution < -0.4 is 0 Å². The van der Waals surface area contributed by atoms with Crippen LogP contribution in [0, 0.1) is 15.9 Å². The number of hydrogen-bond donors (Lipinski definition) is 0. The molecule has 0 spiro atoms. The summed E-state index contributed by atoms with van der Waals surface area (Å²) in [5.74, 6) is -0.853. The summed E-state index contributed by atoms with van der Waals surface area (Å²) >= 11 is 0. The zero-order valence-electron chi connectivity index (χ0n) is 9.03. The molecule has 0 aliphatic heterocycles. The standard InChI is InChI=1S/C11H14FNO2/c1-8(11(2,3)13(14)15)9-6-4-5-7-10(9)12/h4-8H,1-3H3. The Morgan fingerprint density at radius 3 is 2.40 bits per heavy atom. The maximum Gasteiger partial charge on any atom is 0.223 e. The van der Waals surface area contributed by atoms with Crippen LogP contribution in [-0.2, 0) is 0 Å². The van der Waals surface area contributed by atoms with E-state index in [0.717, 1.165) is 0 Å². The molecule has 4 heteroatoms. The van der Waals surface area contributed by atoms with E-state index in [1.54, 1.807) is 25.1 Å². The van der Waals surface area contributed by atoms with Gasteiger partial charge in [0.1, 0.15) is 5.82 Å². The Bertz CT molecular complexity index is 377. The highest BCUT2D eigenvalue weighted by atomic mass is 19.1. The second-order valence-corrected chi connectivity index (χ2v) is 4.15. The second kappa shape index (κ2) is 3.96. The molecule has 1 aromatic rings. The molecule has 0 aliphatic rings. The average Bonchev–Trinajstić information content (AvgIpc) is 2.17. The number of hydrogen-bond acceptors (Lipinski definition) is 2. The van der Waals surface area contributed by atoms with Crippen molar-refractivity contribution in [2.24, 2.45) is 0 Å². The van der Waals surface area contributed by atoms with Gasteiger partial charge in [0.15, 0.2) is 0 Å². The summed E-state index contributed by atoms with van der Waals surface area (Å²) in [6.45, 7) is 4.68. The van der Waals surface area contributed by atoms with Gasteiger partial charge in [-0.3, -0.25) is 10.1 Å². The largest absolute Gasteiger partial charge is 0.264 e. The van der Waals surface area contributed by atoms with Crippen LogP contribution in [-0.4, -0.2) is 10.5 Å². The first-order chi connectivity index (χ1) is 6.87. The lowest BCUT2D eigenvalue weighted by atomic mass is 9.84. The Labute approximate surface area is 88.1 Å². The first kappa shape index (κ1) is 11.6. The minimum atomic E-state index is -1.16. The van der Waals surface area contributed by atoms with E-state index < -0.39 is 11.5 Å². The highest BCUT2D eigenvalue weighted by molar-refractivity contribution is 5.23. The first-order valence-corrected chi connectivity index (χ1v) is 4.76. The molecule has 0 saturated carbocycles. The fourth-order valence-electron chi connectivity index (χ4n) is 1.36. The van der Waals surface area contributed by atoms with Crippen molar-refractivity contribution in [2.45, 2.75) is 32.2 Å². The molecule has 0 aliphatic carbocycles. The van der Waals surface area contributed by atoms with Gasteiger partial charge < -0.3 is 0 Å². The van der Waals surface area contributed by atoms with Gasteiger partial charge in [-0.2, -0.15) is 0 Å². The fourth-order valence-corrected chi connectivity index (χ4v) is 1.36. The Balaban J connectivity index is 3.10. The van der Waals surface area contributed by atoms with Crippen LogP contribution in [0.1, 0.15) is 32.3 Å². The number of nitro groups is 1. The predicted octanol–water partition coefficient (Wildman–Crippen LogP) is 2.98. The van der Waals surface area contributed by atoms with Crippen molar-refractivity contribution in [3.63, 3.8) is 0 Å². The molecule has 0 amide bonds. The molecule has 0 aromatic heterocycles. The second-order valence-electron chi connectivity index (χ2n) is 4.15. The Morgan fingerprint density at radius 2 is 1.93 bits per heavy atom. The lowest BCUT2D eigenvalue weighted by Gasteiger charge is -2.23. The minimum absolute atomic E-state index is 0.371. The van der Waals surface area contributed by atoms with E-state index in [2.05, 4.69) is 0 Å². The summed E-state index contributed by atoms with van der Waals surface area (Å²) in [7, 11) is 0. The summed E-state index contributed by atoms with van der Waals surface area (Å²) in [4.78, 5) is 10.5. The van der Waals surface area contributed by atoms with Crippen molar-refractivity contribution in [1.29, 1.82) is 0 Å². The van der Waals surface area contributed by atoms with E-state index in [0.29, 0.717) is 5.56 Å². The van der Waals surface area contributed by atoms with E-state index in [-0.39, 0.29) is 10.7 Å². The molecule has 0 N–H and O–H groups in total. The molecule has 1 atom stereocenters. The summed E-state index contributed by atoms with van der Waals surface area (Å²) in [6, 6.07) is 6.17. The fraction of sp³-hybridized carbons (Fsp3) is 0.455. The monoisotopic (exact) mass is 211 g/mol. The molecule has 0 heterocycles. The molecule has 3 nitrogen and oxygen atoms in total. The van der Waals surface area contributed by atoms with Crippen LogP contribution in [0.4, 0.5) is 4.39 Å². The molecule has 0 saturated heterocycles. The van der Waals surface area contributed by atoms with Crippen molar-refractivity contribution >= 4 is 0 Å². The quantitative estimate of drug-likeness (QED) is 0.569. The highest BCUT2D eigenvalue weighted by Crippen LogP contribution is 2.31. The third-order valence-corrected chi connectivity index (χ3v) is 2.90. The lowest BCUT2D eigenvalue weighted by Crippen LogP contribution is -2.37. The van der Waals surface area contributed by atoms with Crippen LogP contribution in [0.25, 0.3) is 0 Å². The predicted molar refractivity (Wildman–Crippen MR) is 55.9 cm³/mol. The third kappa shape index (κ3) is 2.14. The molecular weight excluding hydrogens is 197 g/mol. The molecule has 1 rings (SSSR count). The van der Waals surface area contributed by atoms with Gasteiger partial charge >= 0.3 is 0 Å². The maximum absolute atomic E-state index is 13.4. The van der Waals surface area contributed by atoms with Crippen molar-refractivity contribution in [2.75, 3.05) is 0 Å². The van der Waals surface area contributed by atoms with E-state index >= 15 is 0 Å². The van der Waals surface area contributed by atoms with Crippen LogP contribution in [0.5, 0.6) is 0 Å². The third-order valence-electron chi connectivity index (χ3n) is 2.90. The molecule has 0 bridgehead atoms. The zero-order chi connectivity index (χ0) is 11.6. The average molecular weight is 211 g/mol. The van der Waals surface area contributed by atoms with Gasteiger partial charge in [0.2, 0.25) is 5.54 Å². The summed E-state index contributed by atoms with van der Waals surface area (Å²) < 4.78 is 13.4. The molecule has 0 fully saturated rings. The van der Waals surface area contributed by atoms with Gasteiger partial charge in [-0.15, -0.1) is 0 Å². The van der Waals surface area contributed by atoms with E-state index in [1.807, 2.05) is 0 Å². The summed E-state index contributed by atoms with van der Waals surface area (Å²) in [5.41, 5.74) is -0.776. The number of nitrogens with zero attached hydrogens (tertiary/aromatic N) is 1. The van der Waals surface area contributed by atoms with E-state index in [9.17, 15) is 14.5 Å². The zero-order valence-corrected chi connectivity index (χ0v) is 9.03. The normalized spacial score (nSPS) is 13.6. The van der Waals surface area contributed by atoms with Crippen LogP contribution in [0.2, 0.25) is 0 Å². The first-order valence-electron chi connectivity index (χ1n) is 4.76. The van der Waals surface area contributed by atoms with Crippen LogP contribution >= 0.6 is 0 Å². The summed E-state index contributed by atoms with van der Waals surface area (Å²) in [6.07, 6.45) is 0. The van der Waals surface area contributed by atoms with Gasteiger partial charge in [-0.05, 0) is 11.6 Å². The van der Waals surface area contributed by atoms with Gasteiger partial charge in [0, 0.05) is 18.8 Å². The highest BCUT2D eigenvalue weighted by Gasteiger charge is 2.39. The number of benzene rings is 1. The number of rotatable bonds is 3. The lowest BCUT2D eigenvalue weighted by molar-refractivity contribution is -0.564. The van der Waals surface area contributed by atoms with Crippen molar-refractivity contribution in [1.82, 2.24) is 0 Å². The van der Waals surface area contributed by atoms with Crippen molar-refractivity contribution < 1.29 is 9.31 Å². The Morgan fingerprint density at radius 1 is 1.40 bits per heavy atom. The maximum atomic E-state index is 13.4. The van der Waals surface area contributed by atoms with Gasteiger partial charge in [0.25, 0.3) is 0 Å². The Kier molecular flexibility index (Phi) is 3.07. The molecular formula is C11H14FNO2. The topological polar surface area (TPSA) is 43.1 Å². The molecule has 82 valence electrons. The van der Waals surface area contributed by atoms with Crippen molar-refractivity contribution in [3.05, 3.63) is 45.8 Å². The van der Waals surface area contributed by atoms with Crippen LogP contribution in [0.3, 0.4) is 0 Å². The van der Waals surface area contributed by atoms with Crippen molar-refractivity contribution in [3.8, 4) is 0 Å². The smallest absolute Gasteiger partial charge is 0.223 e. The van der Waals surface area contributed by atoms with E-state index in [4.69, 9.17) is 0 Å². The minimum Gasteiger partial charge on any atom is -0.264 e. The Hall–Kier alpha value is -1.45. The van der Waals surface area contributed by atoms with Gasteiger partial charge in [-0.1, -0.05) is 25.1 Å².